The molecule has 0 fully saturated rings. The quantitative estimate of drug-likeness (QED) is 0.938. The predicted octanol–water partition coefficient (Wildman–Crippen LogP) is 2.97. The van der Waals surface area contributed by atoms with Crippen LogP contribution in [0.5, 0.6) is 0 Å². The Morgan fingerprint density at radius 1 is 1.33 bits per heavy atom. The smallest absolute Gasteiger partial charge is 0.297 e. The van der Waals surface area contributed by atoms with Crippen LogP contribution in [0.15, 0.2) is 18.2 Å². The first-order chi connectivity index (χ1) is 9.93. The van der Waals surface area contributed by atoms with E-state index < -0.39 is 0 Å². The second kappa shape index (κ2) is 6.08. The van der Waals surface area contributed by atoms with E-state index in [0.717, 1.165) is 23.4 Å². The Morgan fingerprint density at radius 3 is 2.62 bits per heavy atom. The number of rotatable bonds is 4. The van der Waals surface area contributed by atoms with Crippen LogP contribution in [0.4, 0.5) is 5.82 Å². The molecule has 2 aromatic heterocycles. The molecule has 21 heavy (non-hydrogen) atoms. The number of nitrogens with zero attached hydrogens (tertiary/aromatic N) is 3. The largest absolute Gasteiger partial charge is 0.368 e. The molecule has 0 aliphatic carbocycles. The molecule has 0 amide bonds. The lowest BCUT2D eigenvalue weighted by Gasteiger charge is -2.10. The van der Waals surface area contributed by atoms with E-state index in [1.54, 1.807) is 6.07 Å². The summed E-state index contributed by atoms with van der Waals surface area (Å²) in [5.74, 6) is 0.510. The van der Waals surface area contributed by atoms with Gasteiger partial charge in [-0.05, 0) is 51.8 Å². The minimum Gasteiger partial charge on any atom is -0.368 e. The van der Waals surface area contributed by atoms with Gasteiger partial charge in [-0.2, -0.15) is 9.78 Å². The Kier molecular flexibility index (Phi) is 4.40. The summed E-state index contributed by atoms with van der Waals surface area (Å²) in [7, 11) is 0. The number of carbonyl (C=O) groups excluding carboxylic acids is 1. The zero-order chi connectivity index (χ0) is 15.6. The van der Waals surface area contributed by atoms with Gasteiger partial charge in [-0.25, -0.2) is 4.98 Å². The summed E-state index contributed by atoms with van der Waals surface area (Å²) in [6.07, 6.45) is 0.868. The number of hydrogen-bond acceptors (Lipinski definition) is 4. The molecule has 0 aromatic carbocycles. The van der Waals surface area contributed by atoms with Crippen molar-refractivity contribution >= 4 is 11.7 Å². The maximum Gasteiger partial charge on any atom is 0.297 e. The normalized spacial score (nSPS) is 11.0. The number of nitrogens with one attached hydrogen (secondary N) is 1. The molecule has 0 unspecified atom stereocenters. The van der Waals surface area contributed by atoms with Crippen LogP contribution in [-0.4, -0.2) is 26.7 Å². The van der Waals surface area contributed by atoms with Crippen molar-refractivity contribution in [2.24, 2.45) is 0 Å². The molecular formula is C16H22N4O. The molecule has 1 N–H and O–H groups in total. The Bertz CT molecular complexity index is 658. The molecule has 0 saturated heterocycles. The van der Waals surface area contributed by atoms with Gasteiger partial charge in [0.05, 0.1) is 5.69 Å². The minimum atomic E-state index is -0.192. The van der Waals surface area contributed by atoms with Crippen molar-refractivity contribution in [3.8, 4) is 0 Å². The van der Waals surface area contributed by atoms with Crippen LogP contribution in [0.25, 0.3) is 0 Å². The first kappa shape index (κ1) is 15.2. The van der Waals surface area contributed by atoms with E-state index in [4.69, 9.17) is 0 Å². The molecule has 112 valence electrons. The minimum absolute atomic E-state index is 0.192. The lowest BCUT2D eigenvalue weighted by molar-refractivity contribution is 0.0937. The van der Waals surface area contributed by atoms with E-state index >= 15 is 0 Å². The lowest BCUT2D eigenvalue weighted by Crippen LogP contribution is -2.18. The van der Waals surface area contributed by atoms with E-state index in [1.165, 1.54) is 4.68 Å². The molecule has 2 rings (SSSR count). The monoisotopic (exact) mass is 286 g/mol. The van der Waals surface area contributed by atoms with Crippen LogP contribution in [0.1, 0.15) is 48.2 Å². The summed E-state index contributed by atoms with van der Waals surface area (Å²) in [6.45, 7) is 9.99. The zero-order valence-corrected chi connectivity index (χ0v) is 13.3. The van der Waals surface area contributed by atoms with Crippen molar-refractivity contribution in [2.45, 2.75) is 47.1 Å². The fourth-order valence-electron chi connectivity index (χ4n) is 2.42. The first-order valence-electron chi connectivity index (χ1n) is 7.27. The third-order valence-corrected chi connectivity index (χ3v) is 3.39. The standard InChI is InChI=1S/C16H22N4O/c1-6-13-11(4)19-20(12(13)5)16(21)14-8-7-9-15(18-14)17-10(2)3/h7-10H,6H2,1-5H3,(H,17,18). The molecular weight excluding hydrogens is 264 g/mol. The third-order valence-electron chi connectivity index (χ3n) is 3.39. The topological polar surface area (TPSA) is 59.8 Å². The van der Waals surface area contributed by atoms with Crippen molar-refractivity contribution in [2.75, 3.05) is 5.32 Å². The van der Waals surface area contributed by atoms with Gasteiger partial charge in [0, 0.05) is 11.7 Å². The molecule has 5 nitrogen and oxygen atoms in total. The molecule has 0 saturated carbocycles. The average Bonchev–Trinajstić information content (AvgIpc) is 2.72. The van der Waals surface area contributed by atoms with Crippen molar-refractivity contribution in [1.29, 1.82) is 0 Å². The van der Waals surface area contributed by atoms with Gasteiger partial charge in [0.1, 0.15) is 11.5 Å². The predicted molar refractivity (Wildman–Crippen MR) is 83.8 cm³/mol. The van der Waals surface area contributed by atoms with Gasteiger partial charge in [0.25, 0.3) is 5.91 Å². The molecule has 2 aromatic rings. The SMILES string of the molecule is CCc1c(C)nn(C(=O)c2cccc(NC(C)C)n2)c1C. The van der Waals surface area contributed by atoms with E-state index in [-0.39, 0.29) is 11.9 Å². The van der Waals surface area contributed by atoms with Crippen molar-refractivity contribution in [3.63, 3.8) is 0 Å². The first-order valence-corrected chi connectivity index (χ1v) is 7.27. The van der Waals surface area contributed by atoms with Gasteiger partial charge in [-0.3, -0.25) is 4.79 Å². The zero-order valence-electron chi connectivity index (χ0n) is 13.3. The highest BCUT2D eigenvalue weighted by Crippen LogP contribution is 2.15. The van der Waals surface area contributed by atoms with Gasteiger partial charge in [-0.1, -0.05) is 13.0 Å². The van der Waals surface area contributed by atoms with Gasteiger partial charge in [0.2, 0.25) is 0 Å². The second-order valence-electron chi connectivity index (χ2n) is 5.43. The van der Waals surface area contributed by atoms with E-state index in [9.17, 15) is 4.79 Å². The summed E-state index contributed by atoms with van der Waals surface area (Å²) in [4.78, 5) is 17.0. The summed E-state index contributed by atoms with van der Waals surface area (Å²) < 4.78 is 1.45. The van der Waals surface area contributed by atoms with Crippen LogP contribution in [0, 0.1) is 13.8 Å². The molecule has 2 heterocycles. The molecule has 0 bridgehead atoms. The van der Waals surface area contributed by atoms with Crippen molar-refractivity contribution in [1.82, 2.24) is 14.8 Å². The van der Waals surface area contributed by atoms with Gasteiger partial charge in [0.15, 0.2) is 0 Å². The lowest BCUT2D eigenvalue weighted by atomic mass is 10.1. The number of aromatic nitrogens is 3. The van der Waals surface area contributed by atoms with Crippen LogP contribution in [0.2, 0.25) is 0 Å². The number of pyridine rings is 1. The van der Waals surface area contributed by atoms with Crippen LogP contribution in [0.3, 0.4) is 0 Å². The van der Waals surface area contributed by atoms with Gasteiger partial charge >= 0.3 is 0 Å². The Hall–Kier alpha value is -2.17. The molecule has 5 heteroatoms. The summed E-state index contributed by atoms with van der Waals surface area (Å²) in [5.41, 5.74) is 3.32. The van der Waals surface area contributed by atoms with Crippen LogP contribution >= 0.6 is 0 Å². The van der Waals surface area contributed by atoms with E-state index in [0.29, 0.717) is 11.5 Å². The molecule has 0 aliphatic heterocycles. The molecule has 0 spiro atoms. The number of aryl methyl sites for hydroxylation is 1. The highest BCUT2D eigenvalue weighted by Gasteiger charge is 2.18. The number of anilines is 1. The number of carbonyl (C=O) groups is 1. The number of hydrogen-bond donors (Lipinski definition) is 1. The van der Waals surface area contributed by atoms with Crippen molar-refractivity contribution < 1.29 is 4.79 Å². The van der Waals surface area contributed by atoms with E-state index in [2.05, 4.69) is 22.3 Å². The van der Waals surface area contributed by atoms with Crippen LogP contribution in [-0.2, 0) is 6.42 Å². The second-order valence-corrected chi connectivity index (χ2v) is 5.43. The van der Waals surface area contributed by atoms with Gasteiger partial charge in [-0.15, -0.1) is 0 Å². The summed E-state index contributed by atoms with van der Waals surface area (Å²) in [6, 6.07) is 5.67. The average molecular weight is 286 g/mol. The fraction of sp³-hybridized carbons (Fsp3) is 0.438. The Balaban J connectivity index is 2.36. The van der Waals surface area contributed by atoms with Gasteiger partial charge < -0.3 is 5.32 Å². The van der Waals surface area contributed by atoms with Crippen LogP contribution < -0.4 is 5.32 Å². The highest BCUT2D eigenvalue weighted by atomic mass is 16.2. The Labute approximate surface area is 125 Å². The highest BCUT2D eigenvalue weighted by molar-refractivity contribution is 5.94. The molecule has 0 radical (unpaired) electrons. The van der Waals surface area contributed by atoms with E-state index in [1.807, 2.05) is 39.8 Å². The third kappa shape index (κ3) is 3.12. The molecule has 0 atom stereocenters. The summed E-state index contributed by atoms with van der Waals surface area (Å²) in [5, 5.41) is 7.56. The van der Waals surface area contributed by atoms with Crippen molar-refractivity contribution in [3.05, 3.63) is 40.8 Å². The molecule has 0 aliphatic rings. The Morgan fingerprint density at radius 2 is 2.05 bits per heavy atom. The summed E-state index contributed by atoms with van der Waals surface area (Å²) >= 11 is 0. The maximum absolute atomic E-state index is 12.6. The maximum atomic E-state index is 12.6. The fourth-order valence-corrected chi connectivity index (χ4v) is 2.42.